The van der Waals surface area contributed by atoms with Gasteiger partial charge in [0, 0.05) is 6.54 Å². The standard InChI is InChI=1S/C8H17NO3S/c1-4-12-6-8(5-9)13(10,11)7(2)3/h6-7H,4-5,9H2,1-3H3/b8-6+. The van der Waals surface area contributed by atoms with Crippen LogP contribution in [0.4, 0.5) is 0 Å². The van der Waals surface area contributed by atoms with E-state index in [0.29, 0.717) is 6.61 Å². The lowest BCUT2D eigenvalue weighted by Gasteiger charge is -2.09. The summed E-state index contributed by atoms with van der Waals surface area (Å²) in [6.45, 7) is 5.44. The zero-order valence-electron chi connectivity index (χ0n) is 8.28. The third-order valence-corrected chi connectivity index (χ3v) is 3.80. The Bertz CT molecular complexity index is 267. The fourth-order valence-electron chi connectivity index (χ4n) is 0.710. The van der Waals surface area contributed by atoms with E-state index in [4.69, 9.17) is 10.5 Å². The first kappa shape index (κ1) is 12.4. The molecular weight excluding hydrogens is 190 g/mol. The third kappa shape index (κ3) is 3.36. The molecule has 0 unspecified atom stereocenters. The maximum absolute atomic E-state index is 11.5. The van der Waals surface area contributed by atoms with Crippen LogP contribution < -0.4 is 5.73 Å². The number of ether oxygens (including phenoxy) is 1. The molecule has 2 N–H and O–H groups in total. The van der Waals surface area contributed by atoms with Crippen molar-refractivity contribution >= 4 is 9.84 Å². The first-order valence-electron chi connectivity index (χ1n) is 4.21. The molecule has 0 saturated carbocycles. The Morgan fingerprint density at radius 1 is 1.54 bits per heavy atom. The highest BCUT2D eigenvalue weighted by molar-refractivity contribution is 7.95. The molecule has 0 aliphatic heterocycles. The molecule has 0 atom stereocenters. The second-order valence-electron chi connectivity index (χ2n) is 2.84. The zero-order chi connectivity index (χ0) is 10.5. The van der Waals surface area contributed by atoms with Crippen LogP contribution in [-0.4, -0.2) is 26.8 Å². The van der Waals surface area contributed by atoms with Gasteiger partial charge in [0.2, 0.25) is 0 Å². The van der Waals surface area contributed by atoms with Crippen molar-refractivity contribution in [2.45, 2.75) is 26.0 Å². The molecule has 0 rings (SSSR count). The minimum Gasteiger partial charge on any atom is -0.500 e. The summed E-state index contributed by atoms with van der Waals surface area (Å²) < 4.78 is 28.0. The zero-order valence-corrected chi connectivity index (χ0v) is 9.10. The summed E-state index contributed by atoms with van der Waals surface area (Å²) >= 11 is 0. The van der Waals surface area contributed by atoms with Gasteiger partial charge in [0.05, 0.1) is 23.0 Å². The number of hydrogen-bond acceptors (Lipinski definition) is 4. The van der Waals surface area contributed by atoms with E-state index in [9.17, 15) is 8.42 Å². The van der Waals surface area contributed by atoms with E-state index in [-0.39, 0.29) is 11.4 Å². The van der Waals surface area contributed by atoms with Crippen molar-refractivity contribution in [3.05, 3.63) is 11.2 Å². The molecule has 0 spiro atoms. The van der Waals surface area contributed by atoms with Crippen molar-refractivity contribution in [2.24, 2.45) is 5.73 Å². The Morgan fingerprint density at radius 3 is 2.38 bits per heavy atom. The van der Waals surface area contributed by atoms with Crippen LogP contribution in [0.2, 0.25) is 0 Å². The molecule has 0 aromatic rings. The Labute approximate surface area is 79.7 Å². The molecule has 0 heterocycles. The van der Waals surface area contributed by atoms with Gasteiger partial charge in [-0.05, 0) is 20.8 Å². The molecule has 0 saturated heterocycles. The maximum Gasteiger partial charge on any atom is 0.181 e. The lowest BCUT2D eigenvalue weighted by atomic mass is 10.6. The topological polar surface area (TPSA) is 69.4 Å². The van der Waals surface area contributed by atoms with E-state index in [0.717, 1.165) is 0 Å². The molecule has 5 heteroatoms. The van der Waals surface area contributed by atoms with Gasteiger partial charge in [-0.2, -0.15) is 0 Å². The van der Waals surface area contributed by atoms with E-state index in [1.165, 1.54) is 6.26 Å². The van der Waals surface area contributed by atoms with E-state index < -0.39 is 15.1 Å². The predicted molar refractivity (Wildman–Crippen MR) is 52.8 cm³/mol. The van der Waals surface area contributed by atoms with Crippen molar-refractivity contribution in [3.63, 3.8) is 0 Å². The monoisotopic (exact) mass is 207 g/mol. The predicted octanol–water partition coefficient (Wildman–Crippen LogP) is 0.646. The fourth-order valence-corrected chi connectivity index (χ4v) is 1.75. The maximum atomic E-state index is 11.5. The van der Waals surface area contributed by atoms with E-state index in [1.807, 2.05) is 0 Å². The van der Waals surface area contributed by atoms with E-state index in [1.54, 1.807) is 20.8 Å². The first-order chi connectivity index (χ1) is 5.96. The van der Waals surface area contributed by atoms with Crippen molar-refractivity contribution in [1.29, 1.82) is 0 Å². The molecule has 78 valence electrons. The Hall–Kier alpha value is -0.550. The summed E-state index contributed by atoms with van der Waals surface area (Å²) in [5.74, 6) is 0. The van der Waals surface area contributed by atoms with Crippen LogP contribution in [0.15, 0.2) is 11.2 Å². The summed E-state index contributed by atoms with van der Waals surface area (Å²) in [4.78, 5) is 0.157. The van der Waals surface area contributed by atoms with Crippen LogP contribution >= 0.6 is 0 Å². The molecule has 4 nitrogen and oxygen atoms in total. The van der Waals surface area contributed by atoms with Crippen LogP contribution in [0.25, 0.3) is 0 Å². The van der Waals surface area contributed by atoms with Crippen molar-refractivity contribution in [2.75, 3.05) is 13.2 Å². The van der Waals surface area contributed by atoms with Gasteiger partial charge in [-0.3, -0.25) is 0 Å². The lowest BCUT2D eigenvalue weighted by Crippen LogP contribution is -2.21. The molecule has 0 aromatic heterocycles. The van der Waals surface area contributed by atoms with E-state index >= 15 is 0 Å². The number of hydrogen-bond donors (Lipinski definition) is 1. The highest BCUT2D eigenvalue weighted by Gasteiger charge is 2.21. The number of rotatable bonds is 5. The average molecular weight is 207 g/mol. The molecular formula is C8H17NO3S. The summed E-state index contributed by atoms with van der Waals surface area (Å²) in [6.07, 6.45) is 1.23. The second-order valence-corrected chi connectivity index (χ2v) is 5.39. The Balaban J connectivity index is 4.78. The second kappa shape index (κ2) is 5.24. The highest BCUT2D eigenvalue weighted by atomic mass is 32.2. The number of nitrogens with two attached hydrogens (primary N) is 1. The number of sulfone groups is 1. The fraction of sp³-hybridized carbons (Fsp3) is 0.750. The summed E-state index contributed by atoms with van der Waals surface area (Å²) in [7, 11) is -3.25. The van der Waals surface area contributed by atoms with Gasteiger partial charge in [-0.25, -0.2) is 8.42 Å². The lowest BCUT2D eigenvalue weighted by molar-refractivity contribution is 0.267. The van der Waals surface area contributed by atoms with Crippen molar-refractivity contribution < 1.29 is 13.2 Å². The molecule has 0 fully saturated rings. The van der Waals surface area contributed by atoms with E-state index in [2.05, 4.69) is 0 Å². The highest BCUT2D eigenvalue weighted by Crippen LogP contribution is 2.11. The molecule has 0 aliphatic carbocycles. The first-order valence-corrected chi connectivity index (χ1v) is 5.76. The Kier molecular flexibility index (Phi) is 5.02. The third-order valence-electron chi connectivity index (χ3n) is 1.57. The van der Waals surface area contributed by atoms with Crippen molar-refractivity contribution in [1.82, 2.24) is 0 Å². The van der Waals surface area contributed by atoms with Gasteiger partial charge in [0.25, 0.3) is 0 Å². The van der Waals surface area contributed by atoms with Crippen LogP contribution in [0.3, 0.4) is 0 Å². The molecule has 13 heavy (non-hydrogen) atoms. The van der Waals surface area contributed by atoms with Gasteiger partial charge in [-0.15, -0.1) is 0 Å². The van der Waals surface area contributed by atoms with Gasteiger partial charge in [-0.1, -0.05) is 0 Å². The van der Waals surface area contributed by atoms with Crippen molar-refractivity contribution in [3.8, 4) is 0 Å². The molecule has 0 radical (unpaired) electrons. The van der Waals surface area contributed by atoms with Gasteiger partial charge in [0.1, 0.15) is 0 Å². The van der Waals surface area contributed by atoms with Crippen LogP contribution in [-0.2, 0) is 14.6 Å². The minimum atomic E-state index is -3.25. The smallest absolute Gasteiger partial charge is 0.181 e. The normalized spacial score (nSPS) is 13.5. The molecule has 0 aromatic carbocycles. The molecule has 0 amide bonds. The van der Waals surface area contributed by atoms with Crippen LogP contribution in [0, 0.1) is 0 Å². The van der Waals surface area contributed by atoms with Crippen LogP contribution in [0.5, 0.6) is 0 Å². The summed E-state index contributed by atoms with van der Waals surface area (Å²) in [5.41, 5.74) is 5.31. The SMILES string of the molecule is CCO/C=C(\CN)S(=O)(=O)C(C)C. The molecule has 0 bridgehead atoms. The quantitative estimate of drug-likeness (QED) is 0.672. The van der Waals surface area contributed by atoms with Crippen LogP contribution in [0.1, 0.15) is 20.8 Å². The largest absolute Gasteiger partial charge is 0.500 e. The van der Waals surface area contributed by atoms with Gasteiger partial charge in [0.15, 0.2) is 9.84 Å². The summed E-state index contributed by atoms with van der Waals surface area (Å²) in [6, 6.07) is 0. The molecule has 0 aliphatic rings. The summed E-state index contributed by atoms with van der Waals surface area (Å²) in [5, 5.41) is -0.456. The minimum absolute atomic E-state index is 0.0134. The van der Waals surface area contributed by atoms with Gasteiger partial charge < -0.3 is 10.5 Å². The van der Waals surface area contributed by atoms with Gasteiger partial charge >= 0.3 is 0 Å². The average Bonchev–Trinajstić information content (AvgIpc) is 2.05. The Morgan fingerprint density at radius 2 is 2.08 bits per heavy atom.